The minimum Gasteiger partial charge on any atom is -0.282 e. The molecule has 23 heavy (non-hydrogen) atoms. The second kappa shape index (κ2) is 7.32. The van der Waals surface area contributed by atoms with Crippen LogP contribution in [0, 0.1) is 11.8 Å². The van der Waals surface area contributed by atoms with Crippen LogP contribution >= 0.6 is 23.2 Å². The van der Waals surface area contributed by atoms with Crippen molar-refractivity contribution in [2.45, 2.75) is 12.8 Å². The van der Waals surface area contributed by atoms with Crippen LogP contribution in [-0.2, 0) is 6.42 Å². The third kappa shape index (κ3) is 3.92. The summed E-state index contributed by atoms with van der Waals surface area (Å²) in [6.45, 7) is 0. The molecule has 1 N–H and O–H groups in total. The first-order chi connectivity index (χ1) is 11.2. The number of hydrogen-bond donors (Lipinski definition) is 1. The van der Waals surface area contributed by atoms with Crippen LogP contribution < -0.4 is 0 Å². The second-order valence-corrected chi connectivity index (χ2v) is 5.71. The summed E-state index contributed by atoms with van der Waals surface area (Å²) in [5.41, 5.74) is 3.26. The number of nitrogens with zero attached hydrogens (tertiary/aromatic N) is 2. The summed E-state index contributed by atoms with van der Waals surface area (Å²) >= 11 is 12.4. The van der Waals surface area contributed by atoms with E-state index in [1.165, 1.54) is 0 Å². The number of pyridine rings is 1. The van der Waals surface area contributed by atoms with Crippen LogP contribution in [-0.4, -0.2) is 15.2 Å². The zero-order chi connectivity index (χ0) is 16.1. The molecule has 3 rings (SSSR count). The lowest BCUT2D eigenvalue weighted by molar-refractivity contribution is 0.929. The lowest BCUT2D eigenvalue weighted by Gasteiger charge is -2.02. The van der Waals surface area contributed by atoms with Gasteiger partial charge >= 0.3 is 0 Å². The Labute approximate surface area is 144 Å². The van der Waals surface area contributed by atoms with E-state index in [-0.39, 0.29) is 0 Å². The summed E-state index contributed by atoms with van der Waals surface area (Å²) in [6.07, 6.45) is 3.22. The van der Waals surface area contributed by atoms with Gasteiger partial charge in [-0.15, -0.1) is 0 Å². The van der Waals surface area contributed by atoms with Crippen LogP contribution in [0.25, 0.3) is 11.3 Å². The van der Waals surface area contributed by atoms with Crippen molar-refractivity contribution in [3.05, 3.63) is 70.1 Å². The predicted molar refractivity (Wildman–Crippen MR) is 93.5 cm³/mol. The summed E-state index contributed by atoms with van der Waals surface area (Å²) in [5.74, 6) is 6.14. The fourth-order valence-electron chi connectivity index (χ4n) is 2.15. The van der Waals surface area contributed by atoms with Crippen molar-refractivity contribution in [2.24, 2.45) is 0 Å². The van der Waals surface area contributed by atoms with E-state index in [4.69, 9.17) is 23.2 Å². The van der Waals surface area contributed by atoms with Crippen molar-refractivity contribution in [1.82, 2.24) is 15.2 Å². The summed E-state index contributed by atoms with van der Waals surface area (Å²) in [6, 6.07) is 13.1. The highest BCUT2D eigenvalue weighted by Gasteiger charge is 2.11. The molecule has 2 heterocycles. The number of benzene rings is 1. The van der Waals surface area contributed by atoms with Gasteiger partial charge in [0.1, 0.15) is 5.69 Å². The molecule has 0 aliphatic carbocycles. The molecule has 0 radical (unpaired) electrons. The van der Waals surface area contributed by atoms with Crippen LogP contribution in [0.4, 0.5) is 0 Å². The number of H-pyrrole nitrogens is 1. The van der Waals surface area contributed by atoms with Gasteiger partial charge in [0, 0.05) is 30.3 Å². The maximum atomic E-state index is 6.20. The third-order valence-corrected chi connectivity index (χ3v) is 3.88. The molecular formula is C18H13Cl2N3. The maximum absolute atomic E-state index is 6.20. The topological polar surface area (TPSA) is 41.6 Å². The third-order valence-electron chi connectivity index (χ3n) is 3.25. The Morgan fingerprint density at radius 1 is 1.04 bits per heavy atom. The van der Waals surface area contributed by atoms with Crippen LogP contribution in [0.15, 0.2) is 48.7 Å². The first-order valence-electron chi connectivity index (χ1n) is 7.12. The van der Waals surface area contributed by atoms with Gasteiger partial charge in [-0.1, -0.05) is 41.3 Å². The van der Waals surface area contributed by atoms with Crippen LogP contribution in [0.1, 0.15) is 17.8 Å². The molecule has 1 aromatic carbocycles. The Kier molecular flexibility index (Phi) is 4.97. The van der Waals surface area contributed by atoms with Crippen molar-refractivity contribution < 1.29 is 0 Å². The Morgan fingerprint density at radius 3 is 2.61 bits per heavy atom. The minimum atomic E-state index is 0.588. The van der Waals surface area contributed by atoms with Crippen molar-refractivity contribution in [2.75, 3.05) is 0 Å². The largest absolute Gasteiger partial charge is 0.282 e. The van der Waals surface area contributed by atoms with Gasteiger partial charge in [0.25, 0.3) is 0 Å². The first kappa shape index (κ1) is 15.6. The number of nitrogens with one attached hydrogen (secondary N) is 1. The van der Waals surface area contributed by atoms with Crippen LogP contribution in [0.2, 0.25) is 10.0 Å². The molecule has 0 unspecified atom stereocenters. The summed E-state index contributed by atoms with van der Waals surface area (Å²) in [5, 5.41) is 8.47. The first-order valence-corrected chi connectivity index (χ1v) is 7.88. The Hall–Kier alpha value is -2.28. The van der Waals surface area contributed by atoms with Gasteiger partial charge in [0.2, 0.25) is 0 Å². The van der Waals surface area contributed by atoms with E-state index >= 15 is 0 Å². The monoisotopic (exact) mass is 341 g/mol. The molecule has 3 nitrogen and oxygen atoms in total. The predicted octanol–water partition coefficient (Wildman–Crippen LogP) is 4.76. The molecule has 114 valence electrons. The highest BCUT2D eigenvalue weighted by Crippen LogP contribution is 2.33. The lowest BCUT2D eigenvalue weighted by atomic mass is 10.1. The summed E-state index contributed by atoms with van der Waals surface area (Å²) in [7, 11) is 0. The average molecular weight is 342 g/mol. The van der Waals surface area contributed by atoms with E-state index in [1.807, 2.05) is 30.3 Å². The van der Waals surface area contributed by atoms with Crippen molar-refractivity contribution in [3.63, 3.8) is 0 Å². The number of halogens is 2. The molecule has 2 aromatic heterocycles. The summed E-state index contributed by atoms with van der Waals surface area (Å²) in [4.78, 5) is 4.16. The molecular weight excluding hydrogens is 329 g/mol. The highest BCUT2D eigenvalue weighted by molar-refractivity contribution is 6.39. The lowest BCUT2D eigenvalue weighted by Crippen LogP contribution is -1.84. The van der Waals surface area contributed by atoms with Crippen molar-refractivity contribution >= 4 is 23.2 Å². The van der Waals surface area contributed by atoms with Gasteiger partial charge < -0.3 is 0 Å². The molecule has 0 amide bonds. The molecule has 0 aliphatic heterocycles. The fraction of sp³-hybridized carbons (Fsp3) is 0.111. The highest BCUT2D eigenvalue weighted by atomic mass is 35.5. The van der Waals surface area contributed by atoms with Gasteiger partial charge in [-0.25, -0.2) is 4.98 Å². The second-order valence-electron chi connectivity index (χ2n) is 4.89. The molecule has 0 bridgehead atoms. The van der Waals surface area contributed by atoms with E-state index in [2.05, 4.69) is 27.0 Å². The van der Waals surface area contributed by atoms with E-state index in [0.717, 1.165) is 29.1 Å². The van der Waals surface area contributed by atoms with Crippen molar-refractivity contribution in [1.29, 1.82) is 0 Å². The Morgan fingerprint density at radius 2 is 1.87 bits per heavy atom. The normalized spacial score (nSPS) is 10.2. The molecule has 0 saturated heterocycles. The maximum Gasteiger partial charge on any atom is 0.113 e. The molecule has 0 atom stereocenters. The Balaban J connectivity index is 1.68. The van der Waals surface area contributed by atoms with E-state index in [1.54, 1.807) is 18.3 Å². The minimum absolute atomic E-state index is 0.588. The SMILES string of the molecule is Clc1cccc(Cl)c1-c1cc(CCC#Cc2ccccn2)[nH]n1. The molecule has 0 spiro atoms. The summed E-state index contributed by atoms with van der Waals surface area (Å²) < 4.78 is 0. The quantitative estimate of drug-likeness (QED) is 0.697. The van der Waals surface area contributed by atoms with Gasteiger partial charge in [-0.05, 0) is 36.3 Å². The number of aromatic amines is 1. The molecule has 0 aliphatic rings. The molecule has 5 heteroatoms. The van der Waals surface area contributed by atoms with Crippen molar-refractivity contribution in [3.8, 4) is 23.1 Å². The zero-order valence-electron chi connectivity index (χ0n) is 12.2. The number of rotatable bonds is 3. The van der Waals surface area contributed by atoms with Crippen LogP contribution in [0.5, 0.6) is 0 Å². The van der Waals surface area contributed by atoms with E-state index in [0.29, 0.717) is 16.5 Å². The zero-order valence-corrected chi connectivity index (χ0v) is 13.7. The Bertz CT molecular complexity index is 840. The van der Waals surface area contributed by atoms with Gasteiger partial charge in [0.15, 0.2) is 0 Å². The number of hydrogen-bond acceptors (Lipinski definition) is 2. The van der Waals surface area contributed by atoms with E-state index < -0.39 is 0 Å². The molecule has 0 fully saturated rings. The number of aryl methyl sites for hydroxylation is 1. The van der Waals surface area contributed by atoms with Gasteiger partial charge in [-0.2, -0.15) is 5.10 Å². The smallest absolute Gasteiger partial charge is 0.113 e. The van der Waals surface area contributed by atoms with E-state index in [9.17, 15) is 0 Å². The molecule has 0 saturated carbocycles. The average Bonchev–Trinajstić information content (AvgIpc) is 3.01. The van der Waals surface area contributed by atoms with Gasteiger partial charge in [-0.3, -0.25) is 5.10 Å². The standard InChI is InChI=1S/C18H13Cl2N3/c19-15-9-5-10-16(20)18(15)17-12-14(22-23-17)8-2-1-6-13-7-3-4-11-21-13/h3-5,7,9-12H,2,8H2,(H,22,23). The van der Waals surface area contributed by atoms with Gasteiger partial charge in [0.05, 0.1) is 15.7 Å². The fourth-order valence-corrected chi connectivity index (χ4v) is 2.74. The van der Waals surface area contributed by atoms with Crippen LogP contribution in [0.3, 0.4) is 0 Å². The number of aromatic nitrogens is 3. The molecule has 3 aromatic rings.